The number of nitrogens with one attached hydrogen (secondary N) is 1. The van der Waals surface area contributed by atoms with Crippen molar-refractivity contribution in [1.82, 2.24) is 0 Å². The van der Waals surface area contributed by atoms with Gasteiger partial charge < -0.3 is 14.8 Å². The maximum atomic E-state index is 12.6. The largest absolute Gasteiger partial charge is 0.465 e. The van der Waals surface area contributed by atoms with Crippen LogP contribution in [0.2, 0.25) is 0 Å². The molecule has 0 saturated carbocycles. The zero-order valence-corrected chi connectivity index (χ0v) is 13.6. The maximum Gasteiger partial charge on any atom is 0.337 e. The van der Waals surface area contributed by atoms with Crippen LogP contribution in [0.5, 0.6) is 0 Å². The first kappa shape index (κ1) is 16.7. The molecule has 1 amide bonds. The van der Waals surface area contributed by atoms with Crippen LogP contribution >= 0.6 is 0 Å². The van der Waals surface area contributed by atoms with E-state index in [1.165, 1.54) is 7.11 Å². The molecule has 2 aromatic rings. The molecule has 3 rings (SSSR count). The first-order valence-corrected chi connectivity index (χ1v) is 7.82. The highest BCUT2D eigenvalue weighted by Crippen LogP contribution is 2.36. The van der Waals surface area contributed by atoms with Crippen molar-refractivity contribution in [3.63, 3.8) is 0 Å². The molecule has 6 nitrogen and oxygen atoms in total. The first-order valence-electron chi connectivity index (χ1n) is 7.82. The highest BCUT2D eigenvalue weighted by Gasteiger charge is 2.40. The molecular weight excluding hydrogens is 322 g/mol. The Labute approximate surface area is 144 Å². The summed E-state index contributed by atoms with van der Waals surface area (Å²) in [5, 5.41) is 2.77. The van der Waals surface area contributed by atoms with Crippen LogP contribution in [0.15, 0.2) is 54.6 Å². The van der Waals surface area contributed by atoms with E-state index in [4.69, 9.17) is 4.74 Å². The monoisotopic (exact) mass is 339 g/mol. The van der Waals surface area contributed by atoms with Gasteiger partial charge in [0.15, 0.2) is 0 Å². The summed E-state index contributed by atoms with van der Waals surface area (Å²) in [5.74, 6) is -1.74. The minimum absolute atomic E-state index is 0.0334. The normalized spacial score (nSPS) is 19.2. The molecule has 2 aromatic carbocycles. The number of esters is 2. The molecule has 0 spiro atoms. The zero-order valence-electron chi connectivity index (χ0n) is 13.6. The summed E-state index contributed by atoms with van der Waals surface area (Å²) in [7, 11) is 1.30. The third-order valence-corrected chi connectivity index (χ3v) is 4.05. The number of hydrogen-bond acceptors (Lipinski definition) is 5. The predicted octanol–water partition coefficient (Wildman–Crippen LogP) is 2.72. The molecular formula is C19H17NO5. The number of cyclic esters (lactones) is 1. The van der Waals surface area contributed by atoms with Crippen molar-refractivity contribution >= 4 is 23.5 Å². The number of rotatable bonds is 4. The Morgan fingerprint density at radius 3 is 2.40 bits per heavy atom. The fraction of sp³-hybridized carbons (Fsp3) is 0.211. The smallest absolute Gasteiger partial charge is 0.337 e. The second-order valence-corrected chi connectivity index (χ2v) is 5.69. The summed E-state index contributed by atoms with van der Waals surface area (Å²) in [5.41, 5.74) is 1.71. The summed E-state index contributed by atoms with van der Waals surface area (Å²) in [6.45, 7) is 0. The molecule has 1 aliphatic rings. The average molecular weight is 339 g/mol. The van der Waals surface area contributed by atoms with Crippen molar-refractivity contribution in [2.45, 2.75) is 12.5 Å². The van der Waals surface area contributed by atoms with E-state index < -0.39 is 24.0 Å². The van der Waals surface area contributed by atoms with Crippen LogP contribution in [0, 0.1) is 5.92 Å². The Bertz CT molecular complexity index is 785. The molecule has 1 aliphatic heterocycles. The van der Waals surface area contributed by atoms with Crippen molar-refractivity contribution < 1.29 is 23.9 Å². The van der Waals surface area contributed by atoms with E-state index in [1.54, 1.807) is 24.3 Å². The Morgan fingerprint density at radius 1 is 1.08 bits per heavy atom. The highest BCUT2D eigenvalue weighted by molar-refractivity contribution is 5.97. The van der Waals surface area contributed by atoms with E-state index in [-0.39, 0.29) is 12.3 Å². The van der Waals surface area contributed by atoms with Gasteiger partial charge in [0.05, 0.1) is 25.0 Å². The van der Waals surface area contributed by atoms with Crippen LogP contribution in [0.3, 0.4) is 0 Å². The van der Waals surface area contributed by atoms with Gasteiger partial charge in [0.2, 0.25) is 5.91 Å². The molecule has 128 valence electrons. The molecule has 0 unspecified atom stereocenters. The van der Waals surface area contributed by atoms with Crippen LogP contribution in [0.25, 0.3) is 0 Å². The first-order chi connectivity index (χ1) is 12.1. The summed E-state index contributed by atoms with van der Waals surface area (Å²) >= 11 is 0. The van der Waals surface area contributed by atoms with Gasteiger partial charge in [0.25, 0.3) is 0 Å². The fourth-order valence-corrected chi connectivity index (χ4v) is 2.77. The summed E-state index contributed by atoms with van der Waals surface area (Å²) in [4.78, 5) is 35.7. The van der Waals surface area contributed by atoms with Gasteiger partial charge >= 0.3 is 11.9 Å². The highest BCUT2D eigenvalue weighted by atomic mass is 16.6. The van der Waals surface area contributed by atoms with E-state index in [9.17, 15) is 14.4 Å². The van der Waals surface area contributed by atoms with Gasteiger partial charge in [-0.25, -0.2) is 4.79 Å². The molecule has 1 fully saturated rings. The van der Waals surface area contributed by atoms with Crippen molar-refractivity contribution in [1.29, 1.82) is 0 Å². The van der Waals surface area contributed by atoms with E-state index in [1.807, 2.05) is 30.3 Å². The Morgan fingerprint density at radius 2 is 1.76 bits per heavy atom. The lowest BCUT2D eigenvalue weighted by molar-refractivity contribution is -0.141. The van der Waals surface area contributed by atoms with E-state index in [0.29, 0.717) is 11.3 Å². The second kappa shape index (κ2) is 7.17. The van der Waals surface area contributed by atoms with Crippen LogP contribution in [-0.2, 0) is 19.1 Å². The quantitative estimate of drug-likeness (QED) is 0.866. The molecule has 2 atom stereocenters. The number of carbonyl (C=O) groups is 3. The minimum atomic E-state index is -0.602. The van der Waals surface area contributed by atoms with Crippen LogP contribution < -0.4 is 5.32 Å². The lowest BCUT2D eigenvalue weighted by Gasteiger charge is -2.17. The number of methoxy groups -OCH3 is 1. The Kier molecular flexibility index (Phi) is 4.79. The molecule has 1 N–H and O–H groups in total. The summed E-state index contributed by atoms with van der Waals surface area (Å²) < 4.78 is 9.96. The third-order valence-electron chi connectivity index (χ3n) is 4.05. The third kappa shape index (κ3) is 3.68. The SMILES string of the molecule is COC(=O)c1ccc(NC(=O)[C@H]2CC(=O)O[C@@H]2c2ccccc2)cc1. The molecule has 0 aromatic heterocycles. The molecule has 6 heteroatoms. The van der Waals surface area contributed by atoms with Gasteiger partial charge in [-0.1, -0.05) is 30.3 Å². The van der Waals surface area contributed by atoms with Crippen molar-refractivity contribution in [2.24, 2.45) is 5.92 Å². The number of benzene rings is 2. The van der Waals surface area contributed by atoms with Gasteiger partial charge in [0.1, 0.15) is 6.10 Å². The Hall–Kier alpha value is -3.15. The lowest BCUT2D eigenvalue weighted by Crippen LogP contribution is -2.25. The summed E-state index contributed by atoms with van der Waals surface area (Å²) in [6, 6.07) is 15.5. The minimum Gasteiger partial charge on any atom is -0.465 e. The fourth-order valence-electron chi connectivity index (χ4n) is 2.77. The Balaban J connectivity index is 1.73. The molecule has 0 bridgehead atoms. The molecule has 0 aliphatic carbocycles. The van der Waals surface area contributed by atoms with Crippen molar-refractivity contribution in [3.05, 3.63) is 65.7 Å². The molecule has 1 heterocycles. The number of ether oxygens (including phenoxy) is 2. The lowest BCUT2D eigenvalue weighted by atomic mass is 9.94. The topological polar surface area (TPSA) is 81.7 Å². The average Bonchev–Trinajstić information content (AvgIpc) is 3.04. The number of anilines is 1. The standard InChI is InChI=1S/C19H17NO5/c1-24-19(23)13-7-9-14(10-8-13)20-18(22)15-11-16(21)25-17(15)12-5-3-2-4-6-12/h2-10,15,17H,11H2,1H3,(H,20,22)/t15-,17+/m0/s1. The zero-order chi connectivity index (χ0) is 17.8. The van der Waals surface area contributed by atoms with E-state index in [2.05, 4.69) is 10.1 Å². The van der Waals surface area contributed by atoms with Crippen LogP contribution in [0.4, 0.5) is 5.69 Å². The van der Waals surface area contributed by atoms with E-state index >= 15 is 0 Å². The van der Waals surface area contributed by atoms with Gasteiger partial charge in [0, 0.05) is 5.69 Å². The van der Waals surface area contributed by atoms with Crippen molar-refractivity contribution in [2.75, 3.05) is 12.4 Å². The number of hydrogen-bond donors (Lipinski definition) is 1. The van der Waals surface area contributed by atoms with Crippen LogP contribution in [-0.4, -0.2) is 25.0 Å². The summed E-state index contributed by atoms with van der Waals surface area (Å²) in [6.07, 6.45) is -0.561. The van der Waals surface area contributed by atoms with Gasteiger partial charge in [-0.3, -0.25) is 9.59 Å². The van der Waals surface area contributed by atoms with Crippen molar-refractivity contribution in [3.8, 4) is 0 Å². The van der Waals surface area contributed by atoms with Gasteiger partial charge in [-0.2, -0.15) is 0 Å². The second-order valence-electron chi connectivity index (χ2n) is 5.69. The predicted molar refractivity (Wildman–Crippen MR) is 89.8 cm³/mol. The van der Waals surface area contributed by atoms with Gasteiger partial charge in [-0.15, -0.1) is 0 Å². The van der Waals surface area contributed by atoms with E-state index in [0.717, 1.165) is 5.56 Å². The molecule has 25 heavy (non-hydrogen) atoms. The molecule has 1 saturated heterocycles. The number of carbonyl (C=O) groups excluding carboxylic acids is 3. The van der Waals surface area contributed by atoms with Gasteiger partial charge in [-0.05, 0) is 29.8 Å². The van der Waals surface area contributed by atoms with Crippen LogP contribution in [0.1, 0.15) is 28.4 Å². The molecule has 0 radical (unpaired) electrons. The number of amides is 1. The maximum absolute atomic E-state index is 12.6.